The number of nitrogens with one attached hydrogen (secondary N) is 1. The number of carbonyl (C=O) groups excluding carboxylic acids is 1. The van der Waals surface area contributed by atoms with E-state index in [4.69, 9.17) is 4.74 Å². The van der Waals surface area contributed by atoms with E-state index in [0.29, 0.717) is 19.1 Å². The van der Waals surface area contributed by atoms with E-state index in [1.54, 1.807) is 0 Å². The highest BCUT2D eigenvalue weighted by molar-refractivity contribution is 5.78. The van der Waals surface area contributed by atoms with Gasteiger partial charge in [0.2, 0.25) is 5.91 Å². The highest BCUT2D eigenvalue weighted by Crippen LogP contribution is 2.24. The van der Waals surface area contributed by atoms with Gasteiger partial charge in [-0.2, -0.15) is 0 Å². The number of rotatable bonds is 4. The van der Waals surface area contributed by atoms with E-state index in [2.05, 4.69) is 16.3 Å². The second kappa shape index (κ2) is 7.79. The zero-order chi connectivity index (χ0) is 16.1. The monoisotopic (exact) mass is 318 g/mol. The predicted molar refractivity (Wildman–Crippen MR) is 88.2 cm³/mol. The van der Waals surface area contributed by atoms with E-state index < -0.39 is 0 Å². The number of benzene rings is 1. The van der Waals surface area contributed by atoms with Gasteiger partial charge in [0.15, 0.2) is 0 Å². The van der Waals surface area contributed by atoms with Crippen LogP contribution in [0.1, 0.15) is 31.2 Å². The largest absolute Gasteiger partial charge is 0.492 e. The van der Waals surface area contributed by atoms with Gasteiger partial charge in [0, 0.05) is 31.3 Å². The molecule has 0 saturated heterocycles. The molecule has 0 aromatic heterocycles. The van der Waals surface area contributed by atoms with Gasteiger partial charge in [-0.15, -0.1) is 0 Å². The highest BCUT2D eigenvalue weighted by Gasteiger charge is 2.24. The van der Waals surface area contributed by atoms with Gasteiger partial charge >= 0.3 is 0 Å². The zero-order valence-electron chi connectivity index (χ0n) is 13.5. The van der Waals surface area contributed by atoms with Gasteiger partial charge < -0.3 is 15.2 Å². The van der Waals surface area contributed by atoms with E-state index in [1.807, 2.05) is 18.2 Å². The number of para-hydroxylation sites is 1. The standard InChI is InChI=1S/C18H26N2O3/c21-13-14-4-3-6-16(10-14)19-18(22)12-20-8-9-23-17-7-2-1-5-15(17)11-20/h1-2,5,7,14,16,21H,3-4,6,8-13H2,(H,19,22)/t14-,16-/m1/s1. The molecule has 0 bridgehead atoms. The third-order valence-electron chi connectivity index (χ3n) is 4.80. The van der Waals surface area contributed by atoms with Crippen LogP contribution in [-0.2, 0) is 11.3 Å². The van der Waals surface area contributed by atoms with Crippen molar-refractivity contribution in [3.8, 4) is 5.75 Å². The molecule has 1 heterocycles. The fourth-order valence-corrected chi connectivity index (χ4v) is 3.58. The fraction of sp³-hybridized carbons (Fsp3) is 0.611. The minimum absolute atomic E-state index is 0.0768. The first-order valence-electron chi connectivity index (χ1n) is 8.58. The fourth-order valence-electron chi connectivity index (χ4n) is 3.58. The number of amides is 1. The molecule has 1 amide bonds. The quantitative estimate of drug-likeness (QED) is 0.884. The third-order valence-corrected chi connectivity index (χ3v) is 4.80. The van der Waals surface area contributed by atoms with E-state index in [9.17, 15) is 9.90 Å². The average Bonchev–Trinajstić information content (AvgIpc) is 2.76. The van der Waals surface area contributed by atoms with E-state index in [-0.39, 0.29) is 18.6 Å². The summed E-state index contributed by atoms with van der Waals surface area (Å²) in [5, 5.41) is 12.4. The molecule has 1 saturated carbocycles. The summed E-state index contributed by atoms with van der Waals surface area (Å²) in [7, 11) is 0. The number of aliphatic hydroxyl groups excluding tert-OH is 1. The van der Waals surface area contributed by atoms with Crippen molar-refractivity contribution in [2.75, 3.05) is 26.3 Å². The highest BCUT2D eigenvalue weighted by atomic mass is 16.5. The summed E-state index contributed by atoms with van der Waals surface area (Å²) >= 11 is 0. The number of aliphatic hydroxyl groups is 1. The van der Waals surface area contributed by atoms with Crippen LogP contribution in [0.2, 0.25) is 0 Å². The molecule has 3 rings (SSSR count). The number of carbonyl (C=O) groups is 1. The van der Waals surface area contributed by atoms with Crippen LogP contribution >= 0.6 is 0 Å². The molecule has 1 fully saturated rings. The molecule has 0 unspecified atom stereocenters. The van der Waals surface area contributed by atoms with Gasteiger partial charge in [-0.1, -0.05) is 24.6 Å². The average molecular weight is 318 g/mol. The Morgan fingerprint density at radius 3 is 3.09 bits per heavy atom. The lowest BCUT2D eigenvalue weighted by molar-refractivity contribution is -0.123. The lowest BCUT2D eigenvalue weighted by atomic mass is 9.86. The molecule has 5 nitrogen and oxygen atoms in total. The lowest BCUT2D eigenvalue weighted by Crippen LogP contribution is -2.44. The molecule has 0 radical (unpaired) electrons. The first-order valence-corrected chi connectivity index (χ1v) is 8.58. The smallest absolute Gasteiger partial charge is 0.234 e. The van der Waals surface area contributed by atoms with Crippen molar-refractivity contribution in [2.24, 2.45) is 5.92 Å². The van der Waals surface area contributed by atoms with E-state index in [0.717, 1.165) is 50.1 Å². The topological polar surface area (TPSA) is 61.8 Å². The minimum atomic E-state index is 0.0768. The van der Waals surface area contributed by atoms with Crippen molar-refractivity contribution in [3.05, 3.63) is 29.8 Å². The summed E-state index contributed by atoms with van der Waals surface area (Å²) in [5.74, 6) is 1.34. The molecule has 1 aliphatic heterocycles. The summed E-state index contributed by atoms with van der Waals surface area (Å²) in [6.07, 6.45) is 4.08. The molecular formula is C18H26N2O3. The summed E-state index contributed by atoms with van der Waals surface area (Å²) in [6, 6.07) is 8.23. The Morgan fingerprint density at radius 2 is 2.22 bits per heavy atom. The van der Waals surface area contributed by atoms with E-state index in [1.165, 1.54) is 0 Å². The van der Waals surface area contributed by atoms with Crippen molar-refractivity contribution in [3.63, 3.8) is 0 Å². The van der Waals surface area contributed by atoms with Crippen LogP contribution in [0.4, 0.5) is 0 Å². The summed E-state index contributed by atoms with van der Waals surface area (Å²) in [4.78, 5) is 14.5. The predicted octanol–water partition coefficient (Wildman–Crippen LogP) is 1.55. The van der Waals surface area contributed by atoms with Crippen LogP contribution in [0.25, 0.3) is 0 Å². The first kappa shape index (κ1) is 16.3. The summed E-state index contributed by atoms with van der Waals surface area (Å²) < 4.78 is 5.74. The molecule has 126 valence electrons. The lowest BCUT2D eigenvalue weighted by Gasteiger charge is -2.29. The Kier molecular flexibility index (Phi) is 5.51. The van der Waals surface area contributed by atoms with Crippen LogP contribution in [0.3, 0.4) is 0 Å². The number of fused-ring (bicyclic) bond motifs is 1. The zero-order valence-corrected chi connectivity index (χ0v) is 13.5. The third kappa shape index (κ3) is 4.45. The van der Waals surface area contributed by atoms with Crippen molar-refractivity contribution in [2.45, 2.75) is 38.3 Å². The van der Waals surface area contributed by atoms with Crippen molar-refractivity contribution >= 4 is 5.91 Å². The molecule has 1 aromatic rings. The number of hydrogen-bond donors (Lipinski definition) is 2. The summed E-state index contributed by atoms with van der Waals surface area (Å²) in [6.45, 7) is 2.74. The Morgan fingerprint density at radius 1 is 1.35 bits per heavy atom. The Balaban J connectivity index is 1.52. The number of ether oxygens (including phenoxy) is 1. The first-order chi connectivity index (χ1) is 11.2. The van der Waals surface area contributed by atoms with Gasteiger partial charge in [-0.25, -0.2) is 0 Å². The molecule has 2 aliphatic rings. The number of nitrogens with zero attached hydrogens (tertiary/aromatic N) is 1. The molecule has 1 aliphatic carbocycles. The molecule has 2 atom stereocenters. The second-order valence-corrected chi connectivity index (χ2v) is 6.65. The minimum Gasteiger partial charge on any atom is -0.492 e. The molecule has 1 aromatic carbocycles. The maximum absolute atomic E-state index is 12.3. The molecule has 0 spiro atoms. The molecular weight excluding hydrogens is 292 g/mol. The second-order valence-electron chi connectivity index (χ2n) is 6.65. The van der Waals surface area contributed by atoms with Gasteiger partial charge in [-0.3, -0.25) is 9.69 Å². The Labute approximate surface area is 137 Å². The van der Waals surface area contributed by atoms with Gasteiger partial charge in [0.1, 0.15) is 12.4 Å². The number of hydrogen-bond acceptors (Lipinski definition) is 4. The van der Waals surface area contributed by atoms with Crippen molar-refractivity contribution in [1.29, 1.82) is 0 Å². The van der Waals surface area contributed by atoms with Crippen LogP contribution < -0.4 is 10.1 Å². The molecule has 5 heteroatoms. The van der Waals surface area contributed by atoms with Crippen molar-refractivity contribution < 1.29 is 14.6 Å². The van der Waals surface area contributed by atoms with Crippen LogP contribution in [0.15, 0.2) is 24.3 Å². The Hall–Kier alpha value is -1.59. The normalized spacial score (nSPS) is 25.1. The van der Waals surface area contributed by atoms with Crippen LogP contribution in [-0.4, -0.2) is 48.3 Å². The van der Waals surface area contributed by atoms with Gasteiger partial charge in [0.25, 0.3) is 0 Å². The summed E-state index contributed by atoms with van der Waals surface area (Å²) in [5.41, 5.74) is 1.14. The maximum atomic E-state index is 12.3. The maximum Gasteiger partial charge on any atom is 0.234 e. The van der Waals surface area contributed by atoms with Gasteiger partial charge in [0.05, 0.1) is 6.54 Å². The molecule has 2 N–H and O–H groups in total. The SMILES string of the molecule is O=C(CN1CCOc2ccccc2C1)N[C@@H]1CCC[C@@H](CO)C1. The van der Waals surface area contributed by atoms with Crippen LogP contribution in [0, 0.1) is 5.92 Å². The Bertz CT molecular complexity index is 535. The van der Waals surface area contributed by atoms with Crippen molar-refractivity contribution in [1.82, 2.24) is 10.2 Å². The van der Waals surface area contributed by atoms with Gasteiger partial charge in [-0.05, 0) is 31.2 Å². The van der Waals surface area contributed by atoms with E-state index >= 15 is 0 Å². The molecule has 23 heavy (non-hydrogen) atoms. The van der Waals surface area contributed by atoms with Crippen LogP contribution in [0.5, 0.6) is 5.75 Å².